The fourth-order valence-corrected chi connectivity index (χ4v) is 4.74. The van der Waals surface area contributed by atoms with Gasteiger partial charge in [0.25, 0.3) is 10.0 Å². The quantitative estimate of drug-likeness (QED) is 0.757. The molecule has 2 aromatic carbocycles. The molecule has 1 aliphatic heterocycles. The standard InChI is InChI=1S/C18H18N2O5S2/c1-11-9-17(21)19-15-10-14(7-8-16(15)26-11)27(23,24)20-13-5-3-12(4-6-13)18(22)25-2/h3-8,10-11,20H,9H2,1-2H3,(H,19,21). The van der Waals surface area contributed by atoms with Gasteiger partial charge in [-0.3, -0.25) is 9.52 Å². The van der Waals surface area contributed by atoms with Crippen LogP contribution in [-0.2, 0) is 19.6 Å². The van der Waals surface area contributed by atoms with Crippen LogP contribution in [0.15, 0.2) is 52.3 Å². The molecule has 0 aromatic heterocycles. The van der Waals surface area contributed by atoms with E-state index in [0.717, 1.165) is 4.90 Å². The van der Waals surface area contributed by atoms with Gasteiger partial charge in [0.05, 0.1) is 23.3 Å². The van der Waals surface area contributed by atoms with E-state index in [1.165, 1.54) is 55.3 Å². The van der Waals surface area contributed by atoms with Crippen LogP contribution in [0.3, 0.4) is 0 Å². The third kappa shape index (κ3) is 4.42. The van der Waals surface area contributed by atoms with Crippen molar-refractivity contribution in [3.8, 4) is 0 Å². The fraction of sp³-hybridized carbons (Fsp3) is 0.222. The Morgan fingerprint density at radius 2 is 1.93 bits per heavy atom. The predicted octanol–water partition coefficient (Wildman–Crippen LogP) is 3.10. The van der Waals surface area contributed by atoms with E-state index in [1.807, 2.05) is 6.92 Å². The molecule has 142 valence electrons. The molecule has 0 radical (unpaired) electrons. The SMILES string of the molecule is COC(=O)c1ccc(NS(=O)(=O)c2ccc3c(c2)NC(=O)CC(C)S3)cc1. The normalized spacial score (nSPS) is 16.7. The lowest BCUT2D eigenvalue weighted by molar-refractivity contribution is -0.116. The minimum atomic E-state index is -3.86. The second-order valence-corrected chi connectivity index (χ2v) is 9.18. The molecule has 1 heterocycles. The number of carbonyl (C=O) groups is 2. The fourth-order valence-electron chi connectivity index (χ4n) is 2.60. The van der Waals surface area contributed by atoms with Crippen molar-refractivity contribution in [1.82, 2.24) is 0 Å². The summed E-state index contributed by atoms with van der Waals surface area (Å²) >= 11 is 1.52. The van der Waals surface area contributed by atoms with Crippen molar-refractivity contribution in [3.63, 3.8) is 0 Å². The first-order valence-electron chi connectivity index (χ1n) is 8.10. The van der Waals surface area contributed by atoms with Crippen LogP contribution in [0.4, 0.5) is 11.4 Å². The molecule has 1 aliphatic rings. The Morgan fingerprint density at radius 1 is 1.22 bits per heavy atom. The summed E-state index contributed by atoms with van der Waals surface area (Å²) in [6, 6.07) is 10.5. The number of hydrogen-bond donors (Lipinski definition) is 2. The molecule has 1 atom stereocenters. The highest BCUT2D eigenvalue weighted by molar-refractivity contribution is 8.00. The molecule has 27 heavy (non-hydrogen) atoms. The van der Waals surface area contributed by atoms with E-state index in [4.69, 9.17) is 0 Å². The molecule has 0 saturated heterocycles. The Labute approximate surface area is 161 Å². The average molecular weight is 406 g/mol. The van der Waals surface area contributed by atoms with Crippen LogP contribution in [0, 0.1) is 0 Å². The van der Waals surface area contributed by atoms with E-state index in [2.05, 4.69) is 14.8 Å². The first kappa shape index (κ1) is 19.2. The first-order valence-corrected chi connectivity index (χ1v) is 10.5. The second-order valence-electron chi connectivity index (χ2n) is 6.01. The zero-order valence-electron chi connectivity index (χ0n) is 14.7. The number of sulfonamides is 1. The van der Waals surface area contributed by atoms with Crippen molar-refractivity contribution in [2.75, 3.05) is 17.1 Å². The van der Waals surface area contributed by atoms with Crippen LogP contribution < -0.4 is 10.0 Å². The Kier molecular flexibility index (Phi) is 5.43. The second kappa shape index (κ2) is 7.61. The van der Waals surface area contributed by atoms with Crippen molar-refractivity contribution >= 4 is 45.0 Å². The largest absolute Gasteiger partial charge is 0.465 e. The van der Waals surface area contributed by atoms with E-state index < -0.39 is 16.0 Å². The van der Waals surface area contributed by atoms with E-state index in [9.17, 15) is 18.0 Å². The van der Waals surface area contributed by atoms with Crippen LogP contribution in [0.5, 0.6) is 0 Å². The number of benzene rings is 2. The molecule has 2 aromatic rings. The van der Waals surface area contributed by atoms with Gasteiger partial charge in [0.2, 0.25) is 5.91 Å². The number of amides is 1. The maximum Gasteiger partial charge on any atom is 0.337 e. The number of hydrogen-bond acceptors (Lipinski definition) is 6. The van der Waals surface area contributed by atoms with Crippen molar-refractivity contribution < 1.29 is 22.7 Å². The Bertz CT molecular complexity index is 987. The van der Waals surface area contributed by atoms with Crippen molar-refractivity contribution in [2.45, 2.75) is 28.4 Å². The number of methoxy groups -OCH3 is 1. The summed E-state index contributed by atoms with van der Waals surface area (Å²) in [5.41, 5.74) is 1.11. The molecule has 9 heteroatoms. The number of ether oxygens (including phenoxy) is 1. The lowest BCUT2D eigenvalue weighted by Crippen LogP contribution is -2.15. The highest BCUT2D eigenvalue weighted by Gasteiger charge is 2.22. The van der Waals surface area contributed by atoms with Crippen LogP contribution in [0.1, 0.15) is 23.7 Å². The van der Waals surface area contributed by atoms with E-state index in [1.54, 1.807) is 6.07 Å². The summed E-state index contributed by atoms with van der Waals surface area (Å²) < 4.78 is 32.4. The number of nitrogens with one attached hydrogen (secondary N) is 2. The number of carbonyl (C=O) groups excluding carboxylic acids is 2. The summed E-state index contributed by atoms with van der Waals surface area (Å²) in [7, 11) is -2.58. The highest BCUT2D eigenvalue weighted by atomic mass is 32.2. The third-order valence-corrected chi connectivity index (χ3v) is 6.45. The highest BCUT2D eigenvalue weighted by Crippen LogP contribution is 2.36. The number of thioether (sulfide) groups is 1. The number of anilines is 2. The lowest BCUT2D eigenvalue weighted by atomic mass is 10.2. The molecule has 7 nitrogen and oxygen atoms in total. The molecule has 0 saturated carbocycles. The zero-order valence-corrected chi connectivity index (χ0v) is 16.3. The number of rotatable bonds is 4. The van der Waals surface area contributed by atoms with E-state index in [-0.39, 0.29) is 16.1 Å². The summed E-state index contributed by atoms with van der Waals surface area (Å²) in [5.74, 6) is -0.646. The molecule has 0 fully saturated rings. The molecular formula is C18H18N2O5S2. The van der Waals surface area contributed by atoms with Crippen LogP contribution in [0.25, 0.3) is 0 Å². The lowest BCUT2D eigenvalue weighted by Gasteiger charge is -2.12. The Balaban J connectivity index is 1.85. The van der Waals surface area contributed by atoms with Gasteiger partial charge in [-0.25, -0.2) is 13.2 Å². The smallest absolute Gasteiger partial charge is 0.337 e. The minimum absolute atomic E-state index is 0.0359. The number of esters is 1. The van der Waals surface area contributed by atoms with Gasteiger partial charge in [-0.15, -0.1) is 11.8 Å². The van der Waals surface area contributed by atoms with E-state index in [0.29, 0.717) is 23.4 Å². The van der Waals surface area contributed by atoms with Crippen LogP contribution in [0.2, 0.25) is 0 Å². The van der Waals surface area contributed by atoms with Gasteiger partial charge < -0.3 is 10.1 Å². The third-order valence-electron chi connectivity index (χ3n) is 3.89. The Morgan fingerprint density at radius 3 is 2.59 bits per heavy atom. The van der Waals surface area contributed by atoms with Gasteiger partial charge in [-0.2, -0.15) is 0 Å². The monoisotopic (exact) mass is 406 g/mol. The molecule has 0 spiro atoms. The van der Waals surface area contributed by atoms with Crippen LogP contribution >= 0.6 is 11.8 Å². The molecule has 0 bridgehead atoms. The molecule has 2 N–H and O–H groups in total. The van der Waals surface area contributed by atoms with Gasteiger partial charge in [0.1, 0.15) is 0 Å². The van der Waals surface area contributed by atoms with Crippen LogP contribution in [-0.4, -0.2) is 32.7 Å². The average Bonchev–Trinajstić information content (AvgIpc) is 2.76. The first-order chi connectivity index (χ1) is 12.8. The molecule has 0 aliphatic carbocycles. The summed E-state index contributed by atoms with van der Waals surface area (Å²) in [6.45, 7) is 1.95. The molecular weight excluding hydrogens is 388 g/mol. The van der Waals surface area contributed by atoms with Gasteiger partial charge in [-0.05, 0) is 42.5 Å². The minimum Gasteiger partial charge on any atom is -0.465 e. The molecule has 1 amide bonds. The van der Waals surface area contributed by atoms with Gasteiger partial charge in [0, 0.05) is 22.3 Å². The topological polar surface area (TPSA) is 102 Å². The predicted molar refractivity (Wildman–Crippen MR) is 104 cm³/mol. The summed E-state index contributed by atoms with van der Waals surface area (Å²) in [6.07, 6.45) is 0.367. The van der Waals surface area contributed by atoms with Crippen molar-refractivity contribution in [1.29, 1.82) is 0 Å². The van der Waals surface area contributed by atoms with Gasteiger partial charge >= 0.3 is 5.97 Å². The zero-order chi connectivity index (χ0) is 19.6. The molecule has 1 unspecified atom stereocenters. The van der Waals surface area contributed by atoms with Gasteiger partial charge in [-0.1, -0.05) is 6.92 Å². The summed E-state index contributed by atoms with van der Waals surface area (Å²) in [4.78, 5) is 24.2. The maximum atomic E-state index is 12.7. The molecule has 3 rings (SSSR count). The van der Waals surface area contributed by atoms with Crippen molar-refractivity contribution in [2.24, 2.45) is 0 Å². The number of fused-ring (bicyclic) bond motifs is 1. The Hall–Kier alpha value is -2.52. The summed E-state index contributed by atoms with van der Waals surface area (Å²) in [5, 5.41) is 2.86. The van der Waals surface area contributed by atoms with Gasteiger partial charge in [0.15, 0.2) is 0 Å². The maximum absolute atomic E-state index is 12.7. The van der Waals surface area contributed by atoms with E-state index >= 15 is 0 Å². The van der Waals surface area contributed by atoms with Crippen molar-refractivity contribution in [3.05, 3.63) is 48.0 Å².